The van der Waals surface area contributed by atoms with E-state index in [4.69, 9.17) is 10.9 Å². The number of rotatable bonds is 8. The van der Waals surface area contributed by atoms with Crippen molar-refractivity contribution in [3.8, 4) is 0 Å². The van der Waals surface area contributed by atoms with Crippen molar-refractivity contribution in [1.82, 2.24) is 4.90 Å². The predicted octanol–water partition coefficient (Wildman–Crippen LogP) is 0.850. The lowest BCUT2D eigenvalue weighted by molar-refractivity contribution is 0.318. The van der Waals surface area contributed by atoms with E-state index in [1.54, 1.807) is 23.9 Å². The van der Waals surface area contributed by atoms with Crippen molar-refractivity contribution in [2.75, 3.05) is 37.9 Å². The van der Waals surface area contributed by atoms with Crippen LogP contribution < -0.4 is 5.73 Å². The molecule has 0 radical (unpaired) electrons. The summed E-state index contributed by atoms with van der Waals surface area (Å²) in [5.41, 5.74) is 5.86. The molecular formula is C13H21N3O3S2. The maximum absolute atomic E-state index is 12.3. The first-order chi connectivity index (χ1) is 9.90. The van der Waals surface area contributed by atoms with Crippen LogP contribution in [0.5, 0.6) is 0 Å². The molecule has 1 aromatic carbocycles. The molecule has 0 fully saturated rings. The fourth-order valence-electron chi connectivity index (χ4n) is 1.66. The van der Waals surface area contributed by atoms with Crippen LogP contribution in [0, 0.1) is 0 Å². The molecule has 0 saturated heterocycles. The van der Waals surface area contributed by atoms with Gasteiger partial charge in [0.25, 0.3) is 0 Å². The Morgan fingerprint density at radius 2 is 2.14 bits per heavy atom. The van der Waals surface area contributed by atoms with Crippen molar-refractivity contribution in [3.63, 3.8) is 0 Å². The molecule has 8 heteroatoms. The third-order valence-corrected chi connectivity index (χ3v) is 5.30. The molecule has 21 heavy (non-hydrogen) atoms. The highest BCUT2D eigenvalue weighted by molar-refractivity contribution is 7.98. The number of benzene rings is 1. The summed E-state index contributed by atoms with van der Waals surface area (Å²) in [6, 6.07) is 6.12. The molecule has 0 amide bonds. The first-order valence-electron chi connectivity index (χ1n) is 6.39. The van der Waals surface area contributed by atoms with E-state index in [0.29, 0.717) is 12.1 Å². The van der Waals surface area contributed by atoms with Crippen LogP contribution in [0.15, 0.2) is 34.3 Å². The van der Waals surface area contributed by atoms with E-state index >= 15 is 0 Å². The fraction of sp³-hybridized carbons (Fsp3) is 0.462. The number of hydrogen-bond acceptors (Lipinski definition) is 6. The molecule has 0 heterocycles. The van der Waals surface area contributed by atoms with Gasteiger partial charge in [-0.05, 0) is 25.4 Å². The van der Waals surface area contributed by atoms with E-state index < -0.39 is 9.84 Å². The van der Waals surface area contributed by atoms with Crippen molar-refractivity contribution < 1.29 is 13.6 Å². The standard InChI is InChI=1S/C13H21N3O3S2/c1-16(6-8-20-2)7-9-21(18,19)12-5-3-4-11(10-12)13(14)15-17/h3-5,10,17H,6-9H2,1-2H3,(H2,14,15). The molecule has 0 bridgehead atoms. The van der Waals surface area contributed by atoms with E-state index in [2.05, 4.69) is 5.16 Å². The smallest absolute Gasteiger partial charge is 0.179 e. The van der Waals surface area contributed by atoms with Crippen LogP contribution >= 0.6 is 11.8 Å². The van der Waals surface area contributed by atoms with Crippen molar-refractivity contribution in [1.29, 1.82) is 0 Å². The topological polar surface area (TPSA) is 96.0 Å². The number of nitrogens with zero attached hydrogens (tertiary/aromatic N) is 2. The zero-order chi connectivity index (χ0) is 15.9. The summed E-state index contributed by atoms with van der Waals surface area (Å²) in [6.07, 6.45) is 2.02. The third-order valence-electron chi connectivity index (χ3n) is 3.02. The minimum Gasteiger partial charge on any atom is -0.409 e. The lowest BCUT2D eigenvalue weighted by Gasteiger charge is -2.15. The third kappa shape index (κ3) is 5.56. The first-order valence-corrected chi connectivity index (χ1v) is 9.43. The van der Waals surface area contributed by atoms with Crippen LogP contribution in [0.4, 0.5) is 0 Å². The minimum absolute atomic E-state index is 0.0392. The van der Waals surface area contributed by atoms with Gasteiger partial charge in [0.05, 0.1) is 10.6 Å². The van der Waals surface area contributed by atoms with Crippen LogP contribution in [-0.2, 0) is 9.84 Å². The molecule has 118 valence electrons. The molecule has 0 spiro atoms. The Labute approximate surface area is 129 Å². The maximum Gasteiger partial charge on any atom is 0.179 e. The van der Waals surface area contributed by atoms with E-state index in [9.17, 15) is 8.42 Å². The number of amidine groups is 1. The second-order valence-electron chi connectivity index (χ2n) is 4.63. The summed E-state index contributed by atoms with van der Waals surface area (Å²) in [5.74, 6) is 0.900. The molecule has 0 aliphatic carbocycles. The lowest BCUT2D eigenvalue weighted by atomic mass is 10.2. The molecule has 6 nitrogen and oxygen atoms in total. The van der Waals surface area contributed by atoms with E-state index in [0.717, 1.165) is 12.3 Å². The lowest BCUT2D eigenvalue weighted by Crippen LogP contribution is -2.27. The SMILES string of the molecule is CSCCN(C)CCS(=O)(=O)c1cccc(/C(N)=N/O)c1. The second kappa shape index (κ2) is 8.26. The second-order valence-corrected chi connectivity index (χ2v) is 7.72. The predicted molar refractivity (Wildman–Crippen MR) is 86.9 cm³/mol. The van der Waals surface area contributed by atoms with Crippen molar-refractivity contribution in [2.24, 2.45) is 10.9 Å². The normalized spacial score (nSPS) is 12.8. The molecule has 0 saturated carbocycles. The maximum atomic E-state index is 12.3. The van der Waals surface area contributed by atoms with Gasteiger partial charge in [0.15, 0.2) is 15.7 Å². The molecular weight excluding hydrogens is 310 g/mol. The molecule has 0 unspecified atom stereocenters. The Hall–Kier alpha value is -1.25. The summed E-state index contributed by atoms with van der Waals surface area (Å²) in [5, 5.41) is 11.5. The Kier molecular flexibility index (Phi) is 7.00. The van der Waals surface area contributed by atoms with Gasteiger partial charge in [0.2, 0.25) is 0 Å². The van der Waals surface area contributed by atoms with Gasteiger partial charge in [-0.3, -0.25) is 0 Å². The summed E-state index contributed by atoms with van der Waals surface area (Å²) in [6.45, 7) is 1.32. The number of sulfone groups is 1. The highest BCUT2D eigenvalue weighted by atomic mass is 32.2. The van der Waals surface area contributed by atoms with Gasteiger partial charge in [-0.25, -0.2) is 8.42 Å². The number of oxime groups is 1. The Balaban J connectivity index is 2.79. The van der Waals surface area contributed by atoms with Gasteiger partial charge in [-0.15, -0.1) is 0 Å². The number of nitrogens with two attached hydrogens (primary N) is 1. The van der Waals surface area contributed by atoms with Gasteiger partial charge in [0.1, 0.15) is 0 Å². The monoisotopic (exact) mass is 331 g/mol. The first kappa shape index (κ1) is 17.8. The average Bonchev–Trinajstić information content (AvgIpc) is 2.50. The Bertz CT molecular complexity index is 588. The van der Waals surface area contributed by atoms with Crippen molar-refractivity contribution in [2.45, 2.75) is 4.90 Å². The van der Waals surface area contributed by atoms with E-state index in [1.807, 2.05) is 18.2 Å². The fourth-order valence-corrected chi connectivity index (χ4v) is 3.53. The molecule has 0 aliphatic rings. The zero-order valence-electron chi connectivity index (χ0n) is 12.2. The highest BCUT2D eigenvalue weighted by Crippen LogP contribution is 2.13. The van der Waals surface area contributed by atoms with E-state index in [1.165, 1.54) is 12.1 Å². The van der Waals surface area contributed by atoms with Gasteiger partial charge in [0, 0.05) is 24.4 Å². The highest BCUT2D eigenvalue weighted by Gasteiger charge is 2.16. The van der Waals surface area contributed by atoms with Gasteiger partial charge < -0.3 is 15.8 Å². The van der Waals surface area contributed by atoms with Crippen LogP contribution in [0.1, 0.15) is 5.56 Å². The van der Waals surface area contributed by atoms with Crippen LogP contribution in [-0.4, -0.2) is 62.3 Å². The summed E-state index contributed by atoms with van der Waals surface area (Å²) < 4.78 is 24.6. The molecule has 0 aromatic heterocycles. The van der Waals surface area contributed by atoms with Crippen LogP contribution in [0.2, 0.25) is 0 Å². The van der Waals surface area contributed by atoms with Gasteiger partial charge in [-0.2, -0.15) is 11.8 Å². The summed E-state index contributed by atoms with van der Waals surface area (Å²) in [4.78, 5) is 2.17. The number of thioether (sulfide) groups is 1. The Morgan fingerprint density at radius 1 is 1.43 bits per heavy atom. The zero-order valence-corrected chi connectivity index (χ0v) is 13.8. The van der Waals surface area contributed by atoms with E-state index in [-0.39, 0.29) is 16.5 Å². The largest absolute Gasteiger partial charge is 0.409 e. The Morgan fingerprint density at radius 3 is 2.76 bits per heavy atom. The summed E-state index contributed by atoms with van der Waals surface area (Å²) in [7, 11) is -1.48. The molecule has 3 N–H and O–H groups in total. The van der Waals surface area contributed by atoms with Crippen LogP contribution in [0.25, 0.3) is 0 Å². The molecule has 0 atom stereocenters. The van der Waals surface area contributed by atoms with Crippen LogP contribution in [0.3, 0.4) is 0 Å². The van der Waals surface area contributed by atoms with Gasteiger partial charge in [-0.1, -0.05) is 17.3 Å². The van der Waals surface area contributed by atoms with Gasteiger partial charge >= 0.3 is 0 Å². The molecule has 1 rings (SSSR count). The van der Waals surface area contributed by atoms with Crippen molar-refractivity contribution >= 4 is 27.4 Å². The molecule has 0 aliphatic heterocycles. The average molecular weight is 331 g/mol. The quantitative estimate of drug-likeness (QED) is 0.317. The van der Waals surface area contributed by atoms with Crippen molar-refractivity contribution in [3.05, 3.63) is 29.8 Å². The molecule has 1 aromatic rings. The minimum atomic E-state index is -3.39. The summed E-state index contributed by atoms with van der Waals surface area (Å²) >= 11 is 1.73. The number of hydrogen-bond donors (Lipinski definition) is 2.